The number of hydrogen-bond donors (Lipinski definition) is 2. The lowest BCUT2D eigenvalue weighted by atomic mass is 9.98. The normalized spacial score (nSPS) is 15.8. The van der Waals surface area contributed by atoms with Crippen molar-refractivity contribution in [3.63, 3.8) is 0 Å². The second-order valence-electron chi connectivity index (χ2n) is 4.83. The van der Waals surface area contributed by atoms with Gasteiger partial charge in [0, 0.05) is 37.8 Å². The van der Waals surface area contributed by atoms with E-state index in [0.29, 0.717) is 12.0 Å². The Bertz CT molecular complexity index is 542. The summed E-state index contributed by atoms with van der Waals surface area (Å²) >= 11 is 0. The van der Waals surface area contributed by atoms with E-state index in [0.717, 1.165) is 32.2 Å². The Hall–Kier alpha value is -1.32. The highest BCUT2D eigenvalue weighted by molar-refractivity contribution is 5.85. The minimum atomic E-state index is -0.747. The molecule has 4 nitrogen and oxygen atoms in total. The molecule has 0 aromatic heterocycles. The lowest BCUT2D eigenvalue weighted by Gasteiger charge is -2.35. The second kappa shape index (κ2) is 9.65. The van der Waals surface area contributed by atoms with Crippen molar-refractivity contribution in [3.05, 3.63) is 41.7 Å². The monoisotopic (exact) mass is 347 g/mol. The van der Waals surface area contributed by atoms with Crippen LogP contribution in [0.15, 0.2) is 24.8 Å². The van der Waals surface area contributed by atoms with Gasteiger partial charge >= 0.3 is 0 Å². The van der Waals surface area contributed by atoms with Crippen molar-refractivity contribution in [2.45, 2.75) is 12.5 Å². The van der Waals surface area contributed by atoms with Gasteiger partial charge in [-0.05, 0) is 18.6 Å². The largest absolute Gasteiger partial charge is 0.505 e. The van der Waals surface area contributed by atoms with E-state index in [1.54, 1.807) is 12.1 Å². The summed E-state index contributed by atoms with van der Waals surface area (Å²) < 4.78 is 13.7. The highest BCUT2D eigenvalue weighted by atomic mass is 35.5. The summed E-state index contributed by atoms with van der Waals surface area (Å²) in [5, 5.41) is 22.2. The molecule has 1 aromatic rings. The lowest BCUT2D eigenvalue weighted by molar-refractivity contribution is 0.171. The van der Waals surface area contributed by atoms with Gasteiger partial charge in [0.15, 0.2) is 11.6 Å². The Balaban J connectivity index is 0.00000220. The lowest BCUT2D eigenvalue weighted by Crippen LogP contribution is -2.45. The molecule has 0 bridgehead atoms. The number of halogens is 3. The SMILES string of the molecule is C=CC[C@H](c1cc(C#N)cc(F)c1O)N1CCNCC1.Cl.Cl. The quantitative estimate of drug-likeness (QED) is 0.822. The zero-order chi connectivity index (χ0) is 14.5. The molecule has 1 fully saturated rings. The molecular weight excluding hydrogens is 328 g/mol. The van der Waals surface area contributed by atoms with E-state index in [9.17, 15) is 9.50 Å². The molecular formula is C15H20Cl2FN3O. The van der Waals surface area contributed by atoms with Gasteiger partial charge in [-0.3, -0.25) is 4.90 Å². The number of aromatic hydroxyl groups is 1. The summed E-state index contributed by atoms with van der Waals surface area (Å²) in [6, 6.07) is 4.39. The number of rotatable bonds is 4. The van der Waals surface area contributed by atoms with Gasteiger partial charge in [-0.1, -0.05) is 6.08 Å². The molecule has 1 aromatic carbocycles. The van der Waals surface area contributed by atoms with Crippen LogP contribution in [0.3, 0.4) is 0 Å². The van der Waals surface area contributed by atoms with Crippen LogP contribution in [-0.2, 0) is 0 Å². The van der Waals surface area contributed by atoms with Crippen molar-refractivity contribution in [2.75, 3.05) is 26.2 Å². The van der Waals surface area contributed by atoms with Gasteiger partial charge in [-0.2, -0.15) is 5.26 Å². The Labute approximate surface area is 142 Å². The zero-order valence-electron chi connectivity index (χ0n) is 12.1. The van der Waals surface area contributed by atoms with Crippen LogP contribution in [0.2, 0.25) is 0 Å². The molecule has 0 unspecified atom stereocenters. The van der Waals surface area contributed by atoms with Gasteiger partial charge in [0.25, 0.3) is 0 Å². The predicted molar refractivity (Wildman–Crippen MR) is 89.3 cm³/mol. The Kier molecular flexibility index (Phi) is 9.07. The number of nitriles is 1. The van der Waals surface area contributed by atoms with Crippen molar-refractivity contribution in [1.29, 1.82) is 5.26 Å². The number of phenolic OH excluding ortho intramolecular Hbond substituents is 1. The fourth-order valence-corrected chi connectivity index (χ4v) is 2.56. The zero-order valence-corrected chi connectivity index (χ0v) is 13.7. The first kappa shape index (κ1) is 20.7. The number of benzene rings is 1. The highest BCUT2D eigenvalue weighted by Gasteiger charge is 2.25. The molecule has 0 amide bonds. The van der Waals surface area contributed by atoms with Gasteiger partial charge in [-0.15, -0.1) is 31.4 Å². The summed E-state index contributed by atoms with van der Waals surface area (Å²) in [6.07, 6.45) is 2.35. The number of phenols is 1. The standard InChI is InChI=1S/C15H18FN3O.2ClH/c1-2-3-14(19-6-4-18-5-7-19)12-8-11(10-17)9-13(16)15(12)20;;/h2,8-9,14,18,20H,1,3-7H2;2*1H/t14-;;/m1../s1. The van der Waals surface area contributed by atoms with Gasteiger partial charge in [-0.25, -0.2) is 4.39 Å². The van der Waals surface area contributed by atoms with E-state index in [1.165, 1.54) is 0 Å². The van der Waals surface area contributed by atoms with Crippen LogP contribution >= 0.6 is 24.8 Å². The first-order valence-electron chi connectivity index (χ1n) is 6.65. The van der Waals surface area contributed by atoms with Crippen LogP contribution in [0.5, 0.6) is 5.75 Å². The van der Waals surface area contributed by atoms with E-state index in [-0.39, 0.29) is 42.2 Å². The Morgan fingerprint density at radius 3 is 2.59 bits per heavy atom. The van der Waals surface area contributed by atoms with Crippen molar-refractivity contribution in [3.8, 4) is 11.8 Å². The molecule has 7 heteroatoms. The van der Waals surface area contributed by atoms with E-state index in [2.05, 4.69) is 16.8 Å². The van der Waals surface area contributed by atoms with Gasteiger partial charge in [0.1, 0.15) is 0 Å². The number of hydrogen-bond acceptors (Lipinski definition) is 4. The molecule has 0 aliphatic carbocycles. The summed E-state index contributed by atoms with van der Waals surface area (Å²) in [6.45, 7) is 7.08. The molecule has 1 heterocycles. The fourth-order valence-electron chi connectivity index (χ4n) is 2.56. The van der Waals surface area contributed by atoms with Crippen LogP contribution in [-0.4, -0.2) is 36.2 Å². The minimum absolute atomic E-state index is 0. The van der Waals surface area contributed by atoms with Crippen LogP contribution in [0.25, 0.3) is 0 Å². The predicted octanol–water partition coefficient (Wildman–Crippen LogP) is 2.77. The van der Waals surface area contributed by atoms with Crippen LogP contribution in [0.1, 0.15) is 23.6 Å². The van der Waals surface area contributed by atoms with Crippen LogP contribution in [0, 0.1) is 17.1 Å². The van der Waals surface area contributed by atoms with Crippen molar-refractivity contribution in [2.24, 2.45) is 0 Å². The number of nitrogens with zero attached hydrogens (tertiary/aromatic N) is 2. The summed E-state index contributed by atoms with van der Waals surface area (Å²) in [7, 11) is 0. The fraction of sp³-hybridized carbons (Fsp3) is 0.400. The summed E-state index contributed by atoms with van der Waals surface area (Å²) in [5.74, 6) is -1.11. The first-order chi connectivity index (χ1) is 9.67. The smallest absolute Gasteiger partial charge is 0.166 e. The average molecular weight is 348 g/mol. The molecule has 0 saturated carbocycles. The molecule has 1 aliphatic rings. The molecule has 1 saturated heterocycles. The van der Waals surface area contributed by atoms with Crippen LogP contribution < -0.4 is 5.32 Å². The number of piperazine rings is 1. The third-order valence-electron chi connectivity index (χ3n) is 3.56. The maximum atomic E-state index is 13.7. The maximum absolute atomic E-state index is 13.7. The molecule has 122 valence electrons. The number of nitrogens with one attached hydrogen (secondary N) is 1. The van der Waals surface area contributed by atoms with E-state index >= 15 is 0 Å². The molecule has 0 radical (unpaired) electrons. The summed E-state index contributed by atoms with van der Waals surface area (Å²) in [4.78, 5) is 2.17. The molecule has 2 N–H and O–H groups in total. The average Bonchev–Trinajstić information content (AvgIpc) is 2.48. The minimum Gasteiger partial charge on any atom is -0.505 e. The van der Waals surface area contributed by atoms with E-state index in [4.69, 9.17) is 5.26 Å². The van der Waals surface area contributed by atoms with Gasteiger partial charge < -0.3 is 10.4 Å². The van der Waals surface area contributed by atoms with Crippen molar-refractivity contribution < 1.29 is 9.50 Å². The van der Waals surface area contributed by atoms with Crippen LogP contribution in [0.4, 0.5) is 4.39 Å². The molecule has 1 aliphatic heterocycles. The third kappa shape index (κ3) is 4.59. The molecule has 2 rings (SSSR count). The van der Waals surface area contributed by atoms with Gasteiger partial charge in [0.05, 0.1) is 11.6 Å². The second-order valence-corrected chi connectivity index (χ2v) is 4.83. The Morgan fingerprint density at radius 1 is 1.41 bits per heavy atom. The van der Waals surface area contributed by atoms with Crippen molar-refractivity contribution >= 4 is 24.8 Å². The van der Waals surface area contributed by atoms with E-state index in [1.807, 2.05) is 6.07 Å². The summed E-state index contributed by atoms with van der Waals surface area (Å²) in [5.41, 5.74) is 0.683. The maximum Gasteiger partial charge on any atom is 0.166 e. The van der Waals surface area contributed by atoms with E-state index < -0.39 is 5.82 Å². The van der Waals surface area contributed by atoms with Crippen molar-refractivity contribution in [1.82, 2.24) is 10.2 Å². The molecule has 1 atom stereocenters. The topological polar surface area (TPSA) is 59.3 Å². The first-order valence-corrected chi connectivity index (χ1v) is 6.65. The van der Waals surface area contributed by atoms with Gasteiger partial charge in [0.2, 0.25) is 0 Å². The molecule has 22 heavy (non-hydrogen) atoms. The highest BCUT2D eigenvalue weighted by Crippen LogP contribution is 2.34. The Morgan fingerprint density at radius 2 is 2.05 bits per heavy atom. The third-order valence-corrected chi connectivity index (χ3v) is 3.56. The molecule has 0 spiro atoms.